The number of nitrogens with one attached hydrogen (secondary N) is 1. The van der Waals surface area contributed by atoms with Crippen LogP contribution in [0.15, 0.2) is 88.4 Å². The van der Waals surface area contributed by atoms with Gasteiger partial charge >= 0.3 is 5.97 Å². The number of hydrogen-bond acceptors (Lipinski definition) is 6. The van der Waals surface area contributed by atoms with Gasteiger partial charge in [0.25, 0.3) is 5.91 Å². The number of hydrogen-bond donors (Lipinski definition) is 1. The molecule has 0 aromatic heterocycles. The Hall–Kier alpha value is -4.22. The largest absolute Gasteiger partial charge is 0.455 e. The molecule has 1 heterocycles. The number of esters is 1. The maximum absolute atomic E-state index is 13.7. The lowest BCUT2D eigenvalue weighted by molar-refractivity contribution is -0.152. The van der Waals surface area contributed by atoms with Crippen LogP contribution in [-0.4, -0.2) is 44.2 Å². The Morgan fingerprint density at radius 1 is 1.00 bits per heavy atom. The second kappa shape index (κ2) is 12.3. The standard InChI is InChI=1S/C31H29F2N3O5S/c1-20-5-15-26(16-6-20)42(39,40)34-18-29(38)41-19-28(37)36-31(22-9-13-25(33)14-10-22)27-4-2-3-23(30(27)35-36)17-21-7-11-24(32)12-8-21/h5-17,27,31,34H,2-4,18-19H2,1H3/b23-17-/t27-,31+/m1/s1. The first kappa shape index (κ1) is 29.3. The summed E-state index contributed by atoms with van der Waals surface area (Å²) in [7, 11) is -3.95. The Morgan fingerprint density at radius 2 is 1.64 bits per heavy atom. The minimum absolute atomic E-state index is 0.000825. The molecule has 1 saturated carbocycles. The van der Waals surface area contributed by atoms with E-state index in [1.165, 1.54) is 41.4 Å². The first-order valence-corrected chi connectivity index (χ1v) is 14.9. The highest BCUT2D eigenvalue weighted by atomic mass is 32.2. The summed E-state index contributed by atoms with van der Waals surface area (Å²) in [6.45, 7) is 0.497. The SMILES string of the molecule is Cc1ccc(S(=O)(=O)NCC(=O)OCC(=O)N2N=C3/C(=C\c4ccc(F)cc4)CCC[C@H]3[C@@H]2c2ccc(F)cc2)cc1. The van der Waals surface area contributed by atoms with Crippen LogP contribution in [0.2, 0.25) is 0 Å². The number of benzene rings is 3. The molecule has 11 heteroatoms. The molecular weight excluding hydrogens is 564 g/mol. The van der Waals surface area contributed by atoms with E-state index in [0.29, 0.717) is 17.7 Å². The number of ether oxygens (including phenoxy) is 1. The van der Waals surface area contributed by atoms with Gasteiger partial charge in [0.2, 0.25) is 10.0 Å². The van der Waals surface area contributed by atoms with E-state index in [2.05, 4.69) is 9.82 Å². The summed E-state index contributed by atoms with van der Waals surface area (Å²) in [5.41, 5.74) is 3.95. The number of carbonyl (C=O) groups excluding carboxylic acids is 2. The fraction of sp³-hybridized carbons (Fsp3) is 0.258. The molecule has 1 fully saturated rings. The number of halogens is 2. The number of amides is 1. The lowest BCUT2D eigenvalue weighted by Gasteiger charge is -2.29. The zero-order chi connectivity index (χ0) is 29.9. The van der Waals surface area contributed by atoms with Gasteiger partial charge in [0.15, 0.2) is 6.61 Å². The number of aryl methyl sites for hydroxylation is 1. The van der Waals surface area contributed by atoms with Gasteiger partial charge in [-0.2, -0.15) is 9.82 Å². The summed E-state index contributed by atoms with van der Waals surface area (Å²) in [4.78, 5) is 25.7. The third-order valence-corrected chi connectivity index (χ3v) is 8.69. The van der Waals surface area contributed by atoms with Gasteiger partial charge in [-0.1, -0.05) is 42.0 Å². The monoisotopic (exact) mass is 593 g/mol. The van der Waals surface area contributed by atoms with Crippen molar-refractivity contribution in [2.45, 2.75) is 37.1 Å². The molecule has 8 nitrogen and oxygen atoms in total. The average Bonchev–Trinajstić information content (AvgIpc) is 3.37. The van der Waals surface area contributed by atoms with Crippen LogP contribution in [0.4, 0.5) is 8.78 Å². The number of carbonyl (C=O) groups is 2. The summed E-state index contributed by atoms with van der Waals surface area (Å²) in [5, 5.41) is 5.92. The molecule has 2 atom stereocenters. The molecule has 0 bridgehead atoms. The molecule has 0 spiro atoms. The molecular formula is C31H29F2N3O5S. The number of rotatable bonds is 8. The van der Waals surface area contributed by atoms with Crippen LogP contribution in [0.3, 0.4) is 0 Å². The third kappa shape index (κ3) is 6.63. The topological polar surface area (TPSA) is 105 Å². The number of hydrazone groups is 1. The van der Waals surface area contributed by atoms with E-state index in [9.17, 15) is 26.8 Å². The minimum Gasteiger partial charge on any atom is -0.455 e. The third-order valence-electron chi connectivity index (χ3n) is 7.27. The van der Waals surface area contributed by atoms with Gasteiger partial charge in [-0.15, -0.1) is 0 Å². The zero-order valence-electron chi connectivity index (χ0n) is 22.8. The minimum atomic E-state index is -3.95. The second-order valence-electron chi connectivity index (χ2n) is 10.2. The maximum Gasteiger partial charge on any atom is 0.321 e. The number of nitrogens with zero attached hydrogens (tertiary/aromatic N) is 2. The van der Waals surface area contributed by atoms with Crippen LogP contribution in [-0.2, 0) is 24.3 Å². The van der Waals surface area contributed by atoms with Crippen LogP contribution >= 0.6 is 0 Å². The average molecular weight is 594 g/mol. The van der Waals surface area contributed by atoms with Crippen LogP contribution in [0.1, 0.15) is 42.0 Å². The highest BCUT2D eigenvalue weighted by Gasteiger charge is 2.43. The molecule has 1 amide bonds. The molecule has 1 aliphatic carbocycles. The van der Waals surface area contributed by atoms with Gasteiger partial charge in [-0.3, -0.25) is 9.59 Å². The van der Waals surface area contributed by atoms with Gasteiger partial charge < -0.3 is 4.74 Å². The fourth-order valence-corrected chi connectivity index (χ4v) is 6.14. The van der Waals surface area contributed by atoms with E-state index in [1.54, 1.807) is 36.4 Å². The van der Waals surface area contributed by atoms with Crippen molar-refractivity contribution in [2.24, 2.45) is 11.0 Å². The molecule has 3 aromatic carbocycles. The molecule has 3 aromatic rings. The Labute approximate surface area is 242 Å². The van der Waals surface area contributed by atoms with E-state index >= 15 is 0 Å². The van der Waals surface area contributed by atoms with Crippen LogP contribution in [0.5, 0.6) is 0 Å². The second-order valence-corrected chi connectivity index (χ2v) is 12.0. The Morgan fingerprint density at radius 3 is 2.31 bits per heavy atom. The number of fused-ring (bicyclic) bond motifs is 1. The fourth-order valence-electron chi connectivity index (χ4n) is 5.17. The van der Waals surface area contributed by atoms with E-state index in [4.69, 9.17) is 4.74 Å². The molecule has 0 saturated heterocycles. The molecule has 5 rings (SSSR count). The predicted octanol–water partition coefficient (Wildman–Crippen LogP) is 4.92. The highest BCUT2D eigenvalue weighted by molar-refractivity contribution is 7.89. The van der Waals surface area contributed by atoms with Crippen molar-refractivity contribution in [1.82, 2.24) is 9.73 Å². The molecule has 42 heavy (non-hydrogen) atoms. The molecule has 2 aliphatic rings. The van der Waals surface area contributed by atoms with Crippen molar-refractivity contribution >= 4 is 33.7 Å². The van der Waals surface area contributed by atoms with Crippen molar-refractivity contribution in [2.75, 3.05) is 13.2 Å². The van der Waals surface area contributed by atoms with Crippen molar-refractivity contribution in [3.8, 4) is 0 Å². The maximum atomic E-state index is 13.7. The Balaban J connectivity index is 1.32. The molecule has 218 valence electrons. The van der Waals surface area contributed by atoms with Crippen molar-refractivity contribution < 1.29 is 31.5 Å². The molecule has 0 radical (unpaired) electrons. The smallest absolute Gasteiger partial charge is 0.321 e. The first-order chi connectivity index (χ1) is 20.1. The van der Waals surface area contributed by atoms with E-state index in [0.717, 1.165) is 29.5 Å². The van der Waals surface area contributed by atoms with E-state index in [1.807, 2.05) is 13.0 Å². The summed E-state index contributed by atoms with van der Waals surface area (Å²) in [5.74, 6) is -2.49. The van der Waals surface area contributed by atoms with Crippen LogP contribution in [0.25, 0.3) is 6.08 Å². The van der Waals surface area contributed by atoms with E-state index < -0.39 is 46.9 Å². The lowest BCUT2D eigenvalue weighted by Crippen LogP contribution is -2.36. The van der Waals surface area contributed by atoms with E-state index in [-0.39, 0.29) is 16.6 Å². The molecule has 1 aliphatic heterocycles. The van der Waals surface area contributed by atoms with Gasteiger partial charge in [-0.25, -0.2) is 22.2 Å². The van der Waals surface area contributed by atoms with Gasteiger partial charge in [0.05, 0.1) is 16.6 Å². The summed E-state index contributed by atoms with van der Waals surface area (Å²) in [6.07, 6.45) is 4.18. The van der Waals surface area contributed by atoms with Crippen molar-refractivity contribution in [3.05, 3.63) is 107 Å². The van der Waals surface area contributed by atoms with Gasteiger partial charge in [0, 0.05) is 5.92 Å². The summed E-state index contributed by atoms with van der Waals surface area (Å²) >= 11 is 0. The zero-order valence-corrected chi connectivity index (χ0v) is 23.6. The number of allylic oxidation sites excluding steroid dienone is 1. The Bertz CT molecular complexity index is 1640. The van der Waals surface area contributed by atoms with Crippen LogP contribution < -0.4 is 4.72 Å². The quantitative estimate of drug-likeness (QED) is 0.374. The number of sulfonamides is 1. The summed E-state index contributed by atoms with van der Waals surface area (Å²) < 4.78 is 59.4. The highest BCUT2D eigenvalue weighted by Crippen LogP contribution is 2.44. The normalized spacial score (nSPS) is 19.4. The van der Waals surface area contributed by atoms with Gasteiger partial charge in [-0.05, 0) is 85.4 Å². The van der Waals surface area contributed by atoms with Crippen molar-refractivity contribution in [1.29, 1.82) is 0 Å². The summed E-state index contributed by atoms with van der Waals surface area (Å²) in [6, 6.07) is 17.5. The molecule has 1 N–H and O–H groups in total. The van der Waals surface area contributed by atoms with Crippen molar-refractivity contribution in [3.63, 3.8) is 0 Å². The first-order valence-electron chi connectivity index (χ1n) is 13.5. The lowest BCUT2D eigenvalue weighted by atomic mass is 9.77. The molecule has 0 unspecified atom stereocenters. The Kier molecular flexibility index (Phi) is 8.60. The van der Waals surface area contributed by atoms with Gasteiger partial charge in [0.1, 0.15) is 18.2 Å². The van der Waals surface area contributed by atoms with Crippen LogP contribution in [0, 0.1) is 24.5 Å². The predicted molar refractivity (Wildman–Crippen MR) is 152 cm³/mol.